The number of aliphatic imine (C=N–C) groups is 1. The molecular weight excluding hydrogens is 383 g/mol. The van der Waals surface area contributed by atoms with Crippen molar-refractivity contribution in [3.63, 3.8) is 0 Å². The van der Waals surface area contributed by atoms with E-state index in [1.165, 1.54) is 0 Å². The van der Waals surface area contributed by atoms with Gasteiger partial charge in [0.05, 0.1) is 18.8 Å². The number of hydrogen-bond acceptors (Lipinski definition) is 4. The fourth-order valence-electron chi connectivity index (χ4n) is 2.43. The number of nitrogens with one attached hydrogen (secondary N) is 2. The van der Waals surface area contributed by atoms with Gasteiger partial charge in [0.2, 0.25) is 0 Å². The molecule has 0 fully saturated rings. The van der Waals surface area contributed by atoms with Crippen molar-refractivity contribution in [2.75, 3.05) is 32.6 Å². The summed E-state index contributed by atoms with van der Waals surface area (Å²) in [6, 6.07) is 13.0. The van der Waals surface area contributed by atoms with Crippen LogP contribution >= 0.6 is 0 Å². The average Bonchev–Trinajstić information content (AvgIpc) is 2.68. The maximum atomic E-state index is 12.1. The Balaban J connectivity index is 1.79. The molecule has 1 heterocycles. The third-order valence-corrected chi connectivity index (χ3v) is 3.93. The molecule has 2 N–H and O–H groups in total. The molecule has 1 aromatic heterocycles. The average molecular weight is 409 g/mol. The van der Waals surface area contributed by atoms with Crippen LogP contribution in [0.1, 0.15) is 16.8 Å². The number of nitrogens with zero attached hydrogens (tertiary/aromatic N) is 3. The smallest absolute Gasteiger partial charge is 0.367 e. The van der Waals surface area contributed by atoms with E-state index < -0.39 is 12.8 Å². The lowest BCUT2D eigenvalue weighted by Gasteiger charge is -2.14. The molecule has 0 saturated carbocycles. The van der Waals surface area contributed by atoms with Crippen molar-refractivity contribution in [2.24, 2.45) is 4.99 Å². The van der Waals surface area contributed by atoms with Gasteiger partial charge in [-0.15, -0.1) is 0 Å². The summed E-state index contributed by atoms with van der Waals surface area (Å²) in [6.07, 6.45) is -4.31. The van der Waals surface area contributed by atoms with Crippen molar-refractivity contribution in [1.82, 2.24) is 15.6 Å². The number of benzene rings is 1. The van der Waals surface area contributed by atoms with E-state index in [0.29, 0.717) is 24.6 Å². The van der Waals surface area contributed by atoms with Crippen LogP contribution in [0.3, 0.4) is 0 Å². The van der Waals surface area contributed by atoms with Gasteiger partial charge >= 0.3 is 6.18 Å². The number of aromatic nitrogens is 1. The van der Waals surface area contributed by atoms with E-state index in [0.717, 1.165) is 17.1 Å². The number of ether oxygens (including phenoxy) is 1. The zero-order chi connectivity index (χ0) is 21.3. The molecule has 158 valence electrons. The fraction of sp³-hybridized carbons (Fsp3) is 0.400. The second kappa shape index (κ2) is 10.7. The number of guanidine groups is 1. The van der Waals surface area contributed by atoms with Gasteiger partial charge in [-0.3, -0.25) is 4.99 Å². The third-order valence-electron chi connectivity index (χ3n) is 3.93. The highest BCUT2D eigenvalue weighted by Gasteiger charge is 2.27. The zero-order valence-electron chi connectivity index (χ0n) is 16.8. The molecule has 0 aliphatic carbocycles. The summed E-state index contributed by atoms with van der Waals surface area (Å²) in [7, 11) is 5.56. The largest absolute Gasteiger partial charge is 0.411 e. The molecule has 0 aliphatic rings. The van der Waals surface area contributed by atoms with Crippen LogP contribution < -0.4 is 15.5 Å². The minimum absolute atomic E-state index is 0.0740. The first kappa shape index (κ1) is 22.5. The van der Waals surface area contributed by atoms with Gasteiger partial charge in [0, 0.05) is 27.7 Å². The molecule has 0 saturated heterocycles. The standard InChI is InChI=1S/C20H26F3N5O/c1-24-19(26-12-17-5-4-6-18(27-17)28(2)3)25-11-15-7-9-16(10-8-15)13-29-14-20(21,22)23/h4-10H,11-14H2,1-3H3,(H2,24,25,26). The molecule has 9 heteroatoms. The second-order valence-electron chi connectivity index (χ2n) is 6.59. The molecule has 1 aromatic carbocycles. The van der Waals surface area contributed by atoms with Crippen molar-refractivity contribution in [2.45, 2.75) is 25.9 Å². The molecule has 0 bridgehead atoms. The number of halogens is 3. The Bertz CT molecular complexity index is 791. The predicted octanol–water partition coefficient (Wildman–Crippen LogP) is 3.09. The van der Waals surface area contributed by atoms with Crippen LogP contribution in [0.2, 0.25) is 0 Å². The number of hydrogen-bond donors (Lipinski definition) is 2. The second-order valence-corrected chi connectivity index (χ2v) is 6.59. The monoisotopic (exact) mass is 409 g/mol. The molecule has 0 amide bonds. The first-order valence-electron chi connectivity index (χ1n) is 9.07. The minimum atomic E-state index is -4.31. The summed E-state index contributed by atoms with van der Waals surface area (Å²) < 4.78 is 41.0. The maximum absolute atomic E-state index is 12.1. The summed E-state index contributed by atoms with van der Waals surface area (Å²) in [4.78, 5) is 10.7. The Hall–Kier alpha value is -2.81. The Morgan fingerprint density at radius 1 is 1.03 bits per heavy atom. The summed E-state index contributed by atoms with van der Waals surface area (Å²) in [5.41, 5.74) is 2.55. The molecule has 2 aromatic rings. The molecule has 29 heavy (non-hydrogen) atoms. The van der Waals surface area contributed by atoms with E-state index in [4.69, 9.17) is 0 Å². The molecule has 0 atom stereocenters. The van der Waals surface area contributed by atoms with Crippen LogP contribution in [0.5, 0.6) is 0 Å². The van der Waals surface area contributed by atoms with Crippen LogP contribution in [-0.4, -0.2) is 44.9 Å². The molecule has 2 rings (SSSR count). The number of alkyl halides is 3. The van der Waals surface area contributed by atoms with Gasteiger partial charge in [-0.25, -0.2) is 4.98 Å². The van der Waals surface area contributed by atoms with Gasteiger partial charge in [0.25, 0.3) is 0 Å². The van der Waals surface area contributed by atoms with Gasteiger partial charge in [-0.2, -0.15) is 13.2 Å². The lowest BCUT2D eigenvalue weighted by atomic mass is 10.1. The van der Waals surface area contributed by atoms with Crippen molar-refractivity contribution >= 4 is 11.8 Å². The molecular formula is C20H26F3N5O. The van der Waals surface area contributed by atoms with Crippen LogP contribution in [-0.2, 0) is 24.4 Å². The van der Waals surface area contributed by atoms with Gasteiger partial charge in [0.15, 0.2) is 5.96 Å². The number of pyridine rings is 1. The Morgan fingerprint density at radius 2 is 1.69 bits per heavy atom. The van der Waals surface area contributed by atoms with E-state index in [2.05, 4.69) is 25.3 Å². The van der Waals surface area contributed by atoms with E-state index >= 15 is 0 Å². The summed E-state index contributed by atoms with van der Waals surface area (Å²) >= 11 is 0. The highest BCUT2D eigenvalue weighted by molar-refractivity contribution is 5.79. The Morgan fingerprint density at radius 3 is 2.31 bits per heavy atom. The van der Waals surface area contributed by atoms with Crippen molar-refractivity contribution in [3.05, 3.63) is 59.3 Å². The van der Waals surface area contributed by atoms with Gasteiger partial charge in [-0.05, 0) is 23.3 Å². The Kier molecular flexibility index (Phi) is 8.26. The highest BCUT2D eigenvalue weighted by Crippen LogP contribution is 2.16. The fourth-order valence-corrected chi connectivity index (χ4v) is 2.43. The van der Waals surface area contributed by atoms with Crippen LogP contribution in [0.25, 0.3) is 0 Å². The van der Waals surface area contributed by atoms with Crippen LogP contribution in [0.4, 0.5) is 19.0 Å². The maximum Gasteiger partial charge on any atom is 0.411 e. The topological polar surface area (TPSA) is 61.8 Å². The van der Waals surface area contributed by atoms with Crippen molar-refractivity contribution < 1.29 is 17.9 Å². The van der Waals surface area contributed by atoms with E-state index in [-0.39, 0.29) is 6.61 Å². The zero-order valence-corrected chi connectivity index (χ0v) is 16.8. The summed E-state index contributed by atoms with van der Waals surface area (Å²) in [5, 5.41) is 6.40. The van der Waals surface area contributed by atoms with Crippen LogP contribution in [0, 0.1) is 0 Å². The first-order valence-corrected chi connectivity index (χ1v) is 9.07. The lowest BCUT2D eigenvalue weighted by Crippen LogP contribution is -2.36. The minimum Gasteiger partial charge on any atom is -0.367 e. The molecule has 0 aliphatic heterocycles. The normalized spacial score (nSPS) is 12.0. The molecule has 0 radical (unpaired) electrons. The SMILES string of the molecule is CN=C(NCc1ccc(COCC(F)(F)F)cc1)NCc1cccc(N(C)C)n1. The van der Waals surface area contributed by atoms with Crippen molar-refractivity contribution in [3.8, 4) is 0 Å². The Labute approximate surface area is 168 Å². The van der Waals surface area contributed by atoms with Gasteiger partial charge in [-0.1, -0.05) is 30.3 Å². The first-order chi connectivity index (χ1) is 13.8. The number of anilines is 1. The van der Waals surface area contributed by atoms with Crippen molar-refractivity contribution in [1.29, 1.82) is 0 Å². The van der Waals surface area contributed by atoms with E-state index in [1.807, 2.05) is 49.3 Å². The predicted molar refractivity (Wildman–Crippen MR) is 108 cm³/mol. The quantitative estimate of drug-likeness (QED) is 0.518. The molecule has 0 unspecified atom stereocenters. The number of rotatable bonds is 8. The van der Waals surface area contributed by atoms with E-state index in [1.54, 1.807) is 19.2 Å². The molecule has 6 nitrogen and oxygen atoms in total. The summed E-state index contributed by atoms with van der Waals surface area (Å²) in [6.45, 7) is -0.272. The lowest BCUT2D eigenvalue weighted by molar-refractivity contribution is -0.176. The van der Waals surface area contributed by atoms with Gasteiger partial charge in [0.1, 0.15) is 12.4 Å². The van der Waals surface area contributed by atoms with E-state index in [9.17, 15) is 13.2 Å². The van der Waals surface area contributed by atoms with Crippen LogP contribution in [0.15, 0.2) is 47.5 Å². The van der Waals surface area contributed by atoms with Gasteiger partial charge < -0.3 is 20.3 Å². The molecule has 0 spiro atoms. The third kappa shape index (κ3) is 8.39. The summed E-state index contributed by atoms with van der Waals surface area (Å²) in [5.74, 6) is 1.51. The highest BCUT2D eigenvalue weighted by atomic mass is 19.4.